The van der Waals surface area contributed by atoms with Gasteiger partial charge in [0, 0.05) is 31.1 Å². The lowest BCUT2D eigenvalue weighted by Crippen LogP contribution is -2.35. The lowest BCUT2D eigenvalue weighted by atomic mass is 10.1. The van der Waals surface area contributed by atoms with E-state index in [1.165, 1.54) is 4.31 Å². The fourth-order valence-corrected chi connectivity index (χ4v) is 4.31. The molecule has 1 atom stereocenters. The zero-order valence-electron chi connectivity index (χ0n) is 15.0. The minimum absolute atomic E-state index is 0.108. The molecule has 2 aromatic heterocycles. The molecule has 0 aliphatic carbocycles. The number of ether oxygens (including phenoxy) is 2. The molecule has 2 N–H and O–H groups in total. The maximum Gasteiger partial charge on any atom is 0.276 e. The molecular weight excluding hydrogens is 372 g/mol. The predicted octanol–water partition coefficient (Wildman–Crippen LogP) is 0.522. The van der Waals surface area contributed by atoms with E-state index in [-0.39, 0.29) is 5.92 Å². The molecular formula is C16H20N6O4S. The van der Waals surface area contributed by atoms with Gasteiger partial charge in [-0.2, -0.15) is 12.7 Å². The van der Waals surface area contributed by atoms with Crippen molar-refractivity contribution in [1.82, 2.24) is 24.3 Å². The van der Waals surface area contributed by atoms with Crippen LogP contribution in [0, 0.1) is 5.92 Å². The van der Waals surface area contributed by atoms with Crippen LogP contribution in [0.5, 0.6) is 11.5 Å². The molecule has 3 heterocycles. The van der Waals surface area contributed by atoms with Crippen molar-refractivity contribution in [3.63, 3.8) is 0 Å². The number of hydrogen-bond acceptors (Lipinski definition) is 7. The van der Waals surface area contributed by atoms with Gasteiger partial charge in [0.25, 0.3) is 10.2 Å². The van der Waals surface area contributed by atoms with Crippen LogP contribution in [-0.2, 0) is 16.8 Å². The van der Waals surface area contributed by atoms with Gasteiger partial charge in [0.05, 0.1) is 31.4 Å². The summed E-state index contributed by atoms with van der Waals surface area (Å²) in [7, 11) is -0.509. The molecule has 144 valence electrons. The number of nitrogens with two attached hydrogens (primary N) is 1. The standard InChI is InChI=1S/C16H20N6O4S/c1-25-14-5-11-12(6-15(14)26-2)18-7-13-16(11)22(20-19-13)9-10-3-4-21(8-10)27(17,23)24/h5-7,10H,3-4,8-9H2,1-2H3,(H2,17,23,24). The Balaban J connectivity index is 1.75. The third-order valence-electron chi connectivity index (χ3n) is 4.88. The van der Waals surface area contributed by atoms with Crippen molar-refractivity contribution >= 4 is 32.1 Å². The van der Waals surface area contributed by atoms with Gasteiger partial charge >= 0.3 is 0 Å². The second-order valence-electron chi connectivity index (χ2n) is 6.55. The average Bonchev–Trinajstić information content (AvgIpc) is 3.28. The van der Waals surface area contributed by atoms with E-state index < -0.39 is 10.2 Å². The van der Waals surface area contributed by atoms with Crippen molar-refractivity contribution in [2.45, 2.75) is 13.0 Å². The Labute approximate surface area is 156 Å². The lowest BCUT2D eigenvalue weighted by Gasteiger charge is -2.14. The van der Waals surface area contributed by atoms with Gasteiger partial charge in [0.1, 0.15) is 5.52 Å². The van der Waals surface area contributed by atoms with Crippen LogP contribution in [0.25, 0.3) is 21.9 Å². The van der Waals surface area contributed by atoms with Crippen LogP contribution in [0.3, 0.4) is 0 Å². The molecule has 0 amide bonds. The smallest absolute Gasteiger partial charge is 0.276 e. The van der Waals surface area contributed by atoms with Crippen molar-refractivity contribution in [2.75, 3.05) is 27.3 Å². The molecule has 11 heteroatoms. The molecule has 1 unspecified atom stereocenters. The topological polar surface area (TPSA) is 125 Å². The predicted molar refractivity (Wildman–Crippen MR) is 98.7 cm³/mol. The van der Waals surface area contributed by atoms with Crippen LogP contribution in [0.4, 0.5) is 0 Å². The molecule has 0 bridgehead atoms. The molecule has 4 rings (SSSR count). The van der Waals surface area contributed by atoms with E-state index in [0.29, 0.717) is 36.6 Å². The van der Waals surface area contributed by atoms with E-state index in [0.717, 1.165) is 22.8 Å². The second-order valence-corrected chi connectivity index (χ2v) is 8.09. The molecule has 27 heavy (non-hydrogen) atoms. The zero-order valence-corrected chi connectivity index (χ0v) is 15.8. The summed E-state index contributed by atoms with van der Waals surface area (Å²) >= 11 is 0. The molecule has 1 aliphatic heterocycles. The van der Waals surface area contributed by atoms with Crippen LogP contribution in [0.2, 0.25) is 0 Å². The summed E-state index contributed by atoms with van der Waals surface area (Å²) in [5.41, 5.74) is 2.23. The summed E-state index contributed by atoms with van der Waals surface area (Å²) < 4.78 is 36.9. The highest BCUT2D eigenvalue weighted by molar-refractivity contribution is 7.86. The Bertz CT molecular complexity index is 1110. The summed E-state index contributed by atoms with van der Waals surface area (Å²) in [5.74, 6) is 1.29. The first-order chi connectivity index (χ1) is 12.9. The van der Waals surface area contributed by atoms with Gasteiger partial charge in [-0.15, -0.1) is 5.10 Å². The number of hydrogen-bond donors (Lipinski definition) is 1. The summed E-state index contributed by atoms with van der Waals surface area (Å²) in [5, 5.41) is 14.5. The van der Waals surface area contributed by atoms with Gasteiger partial charge in [-0.05, 0) is 18.4 Å². The third-order valence-corrected chi connectivity index (χ3v) is 5.94. The Morgan fingerprint density at radius 2 is 1.96 bits per heavy atom. The highest BCUT2D eigenvalue weighted by Crippen LogP contribution is 2.34. The van der Waals surface area contributed by atoms with Crippen LogP contribution in [-0.4, -0.2) is 60.0 Å². The van der Waals surface area contributed by atoms with Crippen molar-refractivity contribution in [3.8, 4) is 11.5 Å². The molecule has 0 radical (unpaired) electrons. The first kappa shape index (κ1) is 17.9. The molecule has 10 nitrogen and oxygen atoms in total. The van der Waals surface area contributed by atoms with Crippen molar-refractivity contribution in [3.05, 3.63) is 18.3 Å². The molecule has 1 saturated heterocycles. The first-order valence-corrected chi connectivity index (χ1v) is 9.93. The molecule has 1 aromatic carbocycles. The SMILES string of the molecule is COc1cc2ncc3nnn(CC4CCN(S(N)(=O)=O)C4)c3c2cc1OC. The Kier molecular flexibility index (Phi) is 4.36. The normalized spacial score (nSPS) is 18.4. The van der Waals surface area contributed by atoms with Gasteiger partial charge in [-0.1, -0.05) is 5.21 Å². The van der Waals surface area contributed by atoms with Crippen LogP contribution in [0.15, 0.2) is 18.3 Å². The highest BCUT2D eigenvalue weighted by atomic mass is 32.2. The number of aromatic nitrogens is 4. The van der Waals surface area contributed by atoms with Gasteiger partial charge in [-0.25, -0.2) is 9.82 Å². The quantitative estimate of drug-likeness (QED) is 0.671. The molecule has 1 fully saturated rings. The van der Waals surface area contributed by atoms with Gasteiger partial charge < -0.3 is 9.47 Å². The van der Waals surface area contributed by atoms with Crippen LogP contribution < -0.4 is 14.6 Å². The van der Waals surface area contributed by atoms with E-state index in [1.54, 1.807) is 25.1 Å². The number of benzene rings is 1. The van der Waals surface area contributed by atoms with Gasteiger partial charge in [-0.3, -0.25) is 4.98 Å². The number of fused-ring (bicyclic) bond motifs is 3. The number of nitrogens with zero attached hydrogens (tertiary/aromatic N) is 5. The van der Waals surface area contributed by atoms with Crippen LogP contribution >= 0.6 is 0 Å². The monoisotopic (exact) mass is 392 g/mol. The van der Waals surface area contributed by atoms with E-state index >= 15 is 0 Å². The minimum Gasteiger partial charge on any atom is -0.493 e. The maximum absolute atomic E-state index is 11.5. The largest absolute Gasteiger partial charge is 0.493 e. The Morgan fingerprint density at radius 3 is 2.63 bits per heavy atom. The summed E-state index contributed by atoms with van der Waals surface area (Å²) in [4.78, 5) is 4.43. The second kappa shape index (κ2) is 6.59. The molecule has 0 saturated carbocycles. The fourth-order valence-electron chi connectivity index (χ4n) is 3.54. The average molecular weight is 392 g/mol. The van der Waals surface area contributed by atoms with Crippen molar-refractivity contribution in [1.29, 1.82) is 0 Å². The number of pyridine rings is 1. The zero-order chi connectivity index (χ0) is 19.2. The summed E-state index contributed by atoms with van der Waals surface area (Å²) in [6, 6.07) is 3.66. The van der Waals surface area contributed by atoms with Crippen molar-refractivity contribution < 1.29 is 17.9 Å². The number of rotatable bonds is 5. The van der Waals surface area contributed by atoms with Gasteiger partial charge in [0.2, 0.25) is 0 Å². The van der Waals surface area contributed by atoms with E-state index in [9.17, 15) is 8.42 Å². The molecule has 3 aromatic rings. The third kappa shape index (κ3) is 3.17. The number of methoxy groups -OCH3 is 2. The maximum atomic E-state index is 11.5. The Morgan fingerprint density at radius 1 is 1.22 bits per heavy atom. The fraction of sp³-hybridized carbons (Fsp3) is 0.438. The van der Waals surface area contributed by atoms with Crippen LogP contribution in [0.1, 0.15) is 6.42 Å². The lowest BCUT2D eigenvalue weighted by molar-refractivity contribution is 0.356. The Hall–Kier alpha value is -2.50. The van der Waals surface area contributed by atoms with Crippen molar-refractivity contribution in [2.24, 2.45) is 11.1 Å². The van der Waals surface area contributed by atoms with E-state index in [2.05, 4.69) is 15.3 Å². The molecule has 1 aliphatic rings. The summed E-state index contributed by atoms with van der Waals surface area (Å²) in [6.07, 6.45) is 2.39. The summed E-state index contributed by atoms with van der Waals surface area (Å²) in [6.45, 7) is 1.33. The van der Waals surface area contributed by atoms with E-state index in [1.807, 2.05) is 12.1 Å². The first-order valence-electron chi connectivity index (χ1n) is 8.42. The minimum atomic E-state index is -3.66. The highest BCUT2D eigenvalue weighted by Gasteiger charge is 2.30. The van der Waals surface area contributed by atoms with E-state index in [4.69, 9.17) is 14.6 Å². The molecule has 0 spiro atoms. The van der Waals surface area contributed by atoms with Gasteiger partial charge in [0.15, 0.2) is 11.5 Å².